The minimum Gasteiger partial charge on any atom is -0.508 e. The summed E-state index contributed by atoms with van der Waals surface area (Å²) in [6.07, 6.45) is 3.68. The van der Waals surface area contributed by atoms with E-state index in [1.807, 2.05) is 0 Å². The first kappa shape index (κ1) is 20.6. The second-order valence-corrected chi connectivity index (χ2v) is 6.23. The van der Waals surface area contributed by atoms with Gasteiger partial charge in [0, 0.05) is 24.7 Å². The molecule has 0 aliphatic carbocycles. The van der Waals surface area contributed by atoms with E-state index >= 15 is 0 Å². The van der Waals surface area contributed by atoms with Gasteiger partial charge in [-0.1, -0.05) is 5.21 Å². The van der Waals surface area contributed by atoms with Gasteiger partial charge in [0.25, 0.3) is 5.91 Å². The molecule has 0 atom stereocenters. The quantitative estimate of drug-likeness (QED) is 0.376. The lowest BCUT2D eigenvalue weighted by molar-refractivity contribution is -0.135. The van der Waals surface area contributed by atoms with Crippen LogP contribution in [0.1, 0.15) is 16.9 Å². The number of aromatic hydroxyl groups is 2. The molecule has 1 amide bonds. The molecule has 0 unspecified atom stereocenters. The van der Waals surface area contributed by atoms with Crippen LogP contribution in [0.15, 0.2) is 42.7 Å². The van der Waals surface area contributed by atoms with E-state index < -0.39 is 24.2 Å². The molecule has 0 radical (unpaired) electrons. The third-order valence-corrected chi connectivity index (χ3v) is 3.95. The van der Waals surface area contributed by atoms with Crippen molar-refractivity contribution in [1.82, 2.24) is 25.3 Å². The van der Waals surface area contributed by atoms with Gasteiger partial charge in [0.05, 0.1) is 12.8 Å². The zero-order chi connectivity index (χ0) is 21.5. The summed E-state index contributed by atoms with van der Waals surface area (Å²) in [5.74, 6) is -1.57. The van der Waals surface area contributed by atoms with Crippen LogP contribution in [0.3, 0.4) is 0 Å². The fourth-order valence-electron chi connectivity index (χ4n) is 2.51. The summed E-state index contributed by atoms with van der Waals surface area (Å²) in [5, 5.41) is 38.0. The summed E-state index contributed by atoms with van der Waals surface area (Å²) in [4.78, 5) is 26.2. The molecule has 3 rings (SSSR count). The first-order chi connectivity index (χ1) is 14.4. The number of nitrogens with zero attached hydrogens (tertiary/aromatic N) is 4. The van der Waals surface area contributed by atoms with Crippen molar-refractivity contribution >= 4 is 11.9 Å². The lowest BCUT2D eigenvalue weighted by atomic mass is 10.2. The number of carbonyl (C=O) groups is 2. The predicted octanol–water partition coefficient (Wildman–Crippen LogP) is 1.03. The van der Waals surface area contributed by atoms with Crippen molar-refractivity contribution in [2.45, 2.75) is 13.0 Å². The van der Waals surface area contributed by atoms with Gasteiger partial charge in [-0.25, -0.2) is 4.98 Å². The summed E-state index contributed by atoms with van der Waals surface area (Å²) >= 11 is 0. The number of aryl methyl sites for hydroxylation is 1. The van der Waals surface area contributed by atoms with Gasteiger partial charge in [-0.15, -0.1) is 5.10 Å². The van der Waals surface area contributed by atoms with Crippen molar-refractivity contribution in [3.8, 4) is 28.5 Å². The Morgan fingerprint density at radius 1 is 1.17 bits per heavy atom. The van der Waals surface area contributed by atoms with Gasteiger partial charge in [0.2, 0.25) is 0 Å². The number of amides is 1. The van der Waals surface area contributed by atoms with Crippen LogP contribution in [0.2, 0.25) is 0 Å². The average Bonchev–Trinajstić information content (AvgIpc) is 3.19. The van der Waals surface area contributed by atoms with E-state index in [4.69, 9.17) is 9.84 Å². The monoisotopic (exact) mass is 413 g/mol. The summed E-state index contributed by atoms with van der Waals surface area (Å²) < 4.78 is 7.18. The molecule has 0 aliphatic rings. The third kappa shape index (κ3) is 5.44. The lowest BCUT2D eigenvalue weighted by Gasteiger charge is -2.06. The molecule has 0 fully saturated rings. The van der Waals surface area contributed by atoms with Gasteiger partial charge in [-0.3, -0.25) is 14.3 Å². The highest BCUT2D eigenvalue weighted by atomic mass is 16.5. The van der Waals surface area contributed by atoms with Crippen molar-refractivity contribution in [1.29, 1.82) is 0 Å². The minimum absolute atomic E-state index is 0.173. The normalized spacial score (nSPS) is 10.5. The molecule has 0 saturated carbocycles. The van der Waals surface area contributed by atoms with E-state index in [1.54, 1.807) is 35.1 Å². The summed E-state index contributed by atoms with van der Waals surface area (Å²) in [6, 6.07) is 7.75. The second-order valence-electron chi connectivity index (χ2n) is 6.23. The highest BCUT2D eigenvalue weighted by Gasteiger charge is 2.16. The minimum atomic E-state index is -1.20. The number of pyridine rings is 1. The van der Waals surface area contributed by atoms with Crippen LogP contribution in [0.4, 0.5) is 0 Å². The van der Waals surface area contributed by atoms with E-state index in [0.29, 0.717) is 36.6 Å². The van der Waals surface area contributed by atoms with E-state index in [1.165, 1.54) is 12.3 Å². The number of phenols is 1. The standard InChI is InChI=1S/C19H19N5O6/c25-13-2-4-14(5-3-13)30-7-1-6-24-11-15(22-23-24)12-8-16(26)18(20-9-12)19(29)21-10-17(27)28/h2-5,8-9,11,25-26H,1,6-7,10H2,(H,21,29)(H,27,28). The number of hydrogen-bond donors (Lipinski definition) is 4. The van der Waals surface area contributed by atoms with Crippen LogP contribution in [0.25, 0.3) is 11.3 Å². The number of ether oxygens (including phenoxy) is 1. The summed E-state index contributed by atoms with van der Waals surface area (Å²) in [6.45, 7) is 0.412. The fourth-order valence-corrected chi connectivity index (χ4v) is 2.51. The molecular formula is C19H19N5O6. The van der Waals surface area contributed by atoms with Gasteiger partial charge in [-0.05, 0) is 30.3 Å². The molecule has 11 nitrogen and oxygen atoms in total. The van der Waals surface area contributed by atoms with Gasteiger partial charge in [-0.2, -0.15) is 0 Å². The molecule has 0 saturated heterocycles. The number of carboxylic acids is 1. The first-order valence-electron chi connectivity index (χ1n) is 8.93. The fraction of sp³-hybridized carbons (Fsp3) is 0.211. The number of aliphatic carboxylic acids is 1. The van der Waals surface area contributed by atoms with Crippen molar-refractivity contribution in [2.24, 2.45) is 0 Å². The second kappa shape index (κ2) is 9.37. The van der Waals surface area contributed by atoms with Gasteiger partial charge < -0.3 is 25.4 Å². The average molecular weight is 413 g/mol. The molecule has 1 aromatic carbocycles. The van der Waals surface area contributed by atoms with E-state index in [-0.39, 0.29) is 11.4 Å². The Morgan fingerprint density at radius 2 is 1.93 bits per heavy atom. The van der Waals surface area contributed by atoms with Crippen LogP contribution < -0.4 is 10.1 Å². The SMILES string of the molecule is O=C(O)CNC(=O)c1ncc(-c2cn(CCCOc3ccc(O)cc3)nn2)cc1O. The van der Waals surface area contributed by atoms with Crippen molar-refractivity contribution in [3.05, 3.63) is 48.4 Å². The Labute approximate surface area is 170 Å². The highest BCUT2D eigenvalue weighted by molar-refractivity contribution is 5.96. The van der Waals surface area contributed by atoms with Crippen molar-refractivity contribution < 1.29 is 29.6 Å². The molecule has 0 spiro atoms. The van der Waals surface area contributed by atoms with Crippen LogP contribution >= 0.6 is 0 Å². The van der Waals surface area contributed by atoms with Crippen molar-refractivity contribution in [2.75, 3.05) is 13.2 Å². The lowest BCUT2D eigenvalue weighted by Crippen LogP contribution is -2.29. The number of rotatable bonds is 9. The highest BCUT2D eigenvalue weighted by Crippen LogP contribution is 2.23. The molecule has 156 valence electrons. The Kier molecular flexibility index (Phi) is 6.42. The number of carboxylic acid groups (broad SMARTS) is 1. The van der Waals surface area contributed by atoms with E-state index in [2.05, 4.69) is 20.6 Å². The summed E-state index contributed by atoms with van der Waals surface area (Å²) in [5.41, 5.74) is 0.627. The zero-order valence-electron chi connectivity index (χ0n) is 15.7. The molecule has 11 heteroatoms. The Bertz CT molecular complexity index is 1030. The number of hydrogen-bond acceptors (Lipinski definition) is 8. The molecular weight excluding hydrogens is 394 g/mol. The largest absolute Gasteiger partial charge is 0.508 e. The maximum absolute atomic E-state index is 11.8. The van der Waals surface area contributed by atoms with Gasteiger partial charge in [0.1, 0.15) is 29.5 Å². The molecule has 2 heterocycles. The maximum atomic E-state index is 11.8. The molecule has 2 aromatic heterocycles. The third-order valence-electron chi connectivity index (χ3n) is 3.95. The first-order valence-corrected chi connectivity index (χ1v) is 8.93. The maximum Gasteiger partial charge on any atom is 0.322 e. The molecule has 0 bridgehead atoms. The smallest absolute Gasteiger partial charge is 0.322 e. The van der Waals surface area contributed by atoms with Crippen LogP contribution in [-0.2, 0) is 11.3 Å². The molecule has 30 heavy (non-hydrogen) atoms. The topological polar surface area (TPSA) is 160 Å². The van der Waals surface area contributed by atoms with Gasteiger partial charge in [0.15, 0.2) is 5.69 Å². The molecule has 4 N–H and O–H groups in total. The Hall–Kier alpha value is -4.15. The van der Waals surface area contributed by atoms with Crippen molar-refractivity contribution in [3.63, 3.8) is 0 Å². The van der Waals surface area contributed by atoms with Crippen LogP contribution in [0.5, 0.6) is 17.2 Å². The summed E-state index contributed by atoms with van der Waals surface area (Å²) in [7, 11) is 0. The van der Waals surface area contributed by atoms with Gasteiger partial charge >= 0.3 is 5.97 Å². The number of nitrogens with one attached hydrogen (secondary N) is 1. The predicted molar refractivity (Wildman–Crippen MR) is 103 cm³/mol. The number of carbonyl (C=O) groups excluding carboxylic acids is 1. The van der Waals surface area contributed by atoms with Crippen LogP contribution in [0, 0.1) is 0 Å². The Balaban J connectivity index is 1.54. The number of aromatic nitrogens is 4. The van der Waals surface area contributed by atoms with Crippen LogP contribution in [-0.4, -0.2) is 60.3 Å². The van der Waals surface area contributed by atoms with E-state index in [9.17, 15) is 19.8 Å². The molecule has 3 aromatic rings. The molecule has 0 aliphatic heterocycles. The van der Waals surface area contributed by atoms with E-state index in [0.717, 1.165) is 0 Å². The zero-order valence-corrected chi connectivity index (χ0v) is 15.7. The number of benzene rings is 1. The number of phenolic OH excluding ortho intramolecular Hbond substituents is 1. The Morgan fingerprint density at radius 3 is 2.63 bits per heavy atom.